The first-order chi connectivity index (χ1) is 13.7. The predicted molar refractivity (Wildman–Crippen MR) is 113 cm³/mol. The molecule has 3 rings (SSSR count). The van der Waals surface area contributed by atoms with Crippen LogP contribution in [0.15, 0.2) is 24.3 Å². The smallest absolute Gasteiger partial charge is 0.410 e. The van der Waals surface area contributed by atoms with E-state index in [2.05, 4.69) is 11.0 Å². The second kappa shape index (κ2) is 8.82. The summed E-state index contributed by atoms with van der Waals surface area (Å²) in [6, 6.07) is 8.03. The minimum absolute atomic E-state index is 0.178. The van der Waals surface area contributed by atoms with Gasteiger partial charge in [-0.2, -0.15) is 0 Å². The fourth-order valence-electron chi connectivity index (χ4n) is 4.32. The highest BCUT2D eigenvalue weighted by Gasteiger charge is 2.40. The van der Waals surface area contributed by atoms with Gasteiger partial charge in [0.1, 0.15) is 12.2 Å². The summed E-state index contributed by atoms with van der Waals surface area (Å²) in [4.78, 5) is 27.6. The third-order valence-corrected chi connectivity index (χ3v) is 5.87. The molecule has 0 atom stereocenters. The van der Waals surface area contributed by atoms with Crippen molar-refractivity contribution < 1.29 is 19.1 Å². The van der Waals surface area contributed by atoms with Crippen LogP contribution in [0.25, 0.3) is 0 Å². The zero-order valence-electron chi connectivity index (χ0n) is 17.6. The number of nitrogens with zero attached hydrogens (tertiary/aromatic N) is 2. The number of halogens is 1. The molecule has 1 spiro atoms. The van der Waals surface area contributed by atoms with Gasteiger partial charge in [-0.25, -0.2) is 9.59 Å². The average molecular weight is 423 g/mol. The third-order valence-electron chi connectivity index (χ3n) is 5.77. The van der Waals surface area contributed by atoms with E-state index < -0.39 is 11.0 Å². The highest BCUT2D eigenvalue weighted by Crippen LogP contribution is 2.41. The van der Waals surface area contributed by atoms with Gasteiger partial charge in [-0.1, -0.05) is 12.1 Å². The SMILES string of the molecule is CC(C)(C)OC(=O)N1CCCC2(CCN(c3cccc(COC(=O)Cl)c3)CC2)C1. The number of ether oxygens (including phenoxy) is 2. The zero-order chi connectivity index (χ0) is 21.1. The Kier molecular flexibility index (Phi) is 6.62. The lowest BCUT2D eigenvalue weighted by atomic mass is 9.72. The molecule has 160 valence electrons. The van der Waals surface area contributed by atoms with E-state index in [-0.39, 0.29) is 18.1 Å². The second-order valence-corrected chi connectivity index (χ2v) is 9.50. The molecule has 0 saturated carbocycles. The summed E-state index contributed by atoms with van der Waals surface area (Å²) in [6.45, 7) is 9.35. The van der Waals surface area contributed by atoms with Crippen LogP contribution in [0.4, 0.5) is 15.3 Å². The van der Waals surface area contributed by atoms with Crippen molar-refractivity contribution in [3.05, 3.63) is 29.8 Å². The van der Waals surface area contributed by atoms with Crippen molar-refractivity contribution in [2.75, 3.05) is 31.1 Å². The number of carbonyl (C=O) groups is 2. The van der Waals surface area contributed by atoms with Crippen molar-refractivity contribution >= 4 is 28.8 Å². The Morgan fingerprint density at radius 3 is 2.52 bits per heavy atom. The summed E-state index contributed by atoms with van der Waals surface area (Å²) in [5, 5.41) is 0. The van der Waals surface area contributed by atoms with Gasteiger partial charge in [0, 0.05) is 43.5 Å². The van der Waals surface area contributed by atoms with Crippen LogP contribution in [0.5, 0.6) is 0 Å². The molecule has 0 unspecified atom stereocenters. The first-order valence-electron chi connectivity index (χ1n) is 10.3. The number of hydrogen-bond donors (Lipinski definition) is 0. The molecule has 2 saturated heterocycles. The summed E-state index contributed by atoms with van der Waals surface area (Å²) in [5.74, 6) is 0. The largest absolute Gasteiger partial charge is 0.449 e. The molecule has 6 nitrogen and oxygen atoms in total. The lowest BCUT2D eigenvalue weighted by Gasteiger charge is -2.48. The monoisotopic (exact) mass is 422 g/mol. The van der Waals surface area contributed by atoms with Crippen LogP contribution in [-0.4, -0.2) is 48.2 Å². The summed E-state index contributed by atoms with van der Waals surface area (Å²) < 4.78 is 10.5. The van der Waals surface area contributed by atoms with Gasteiger partial charge in [0.2, 0.25) is 0 Å². The van der Waals surface area contributed by atoms with Gasteiger partial charge >= 0.3 is 11.5 Å². The minimum Gasteiger partial charge on any atom is -0.449 e. The van der Waals surface area contributed by atoms with E-state index in [0.717, 1.165) is 63.1 Å². The molecule has 2 fully saturated rings. The van der Waals surface area contributed by atoms with Gasteiger partial charge in [0.15, 0.2) is 0 Å². The van der Waals surface area contributed by atoms with Crippen LogP contribution in [0.1, 0.15) is 52.0 Å². The predicted octanol–water partition coefficient (Wildman–Crippen LogP) is 5.18. The van der Waals surface area contributed by atoms with Gasteiger partial charge in [0.05, 0.1) is 0 Å². The van der Waals surface area contributed by atoms with Crippen molar-refractivity contribution in [3.8, 4) is 0 Å². The third kappa shape index (κ3) is 6.01. The van der Waals surface area contributed by atoms with E-state index in [9.17, 15) is 9.59 Å². The quantitative estimate of drug-likeness (QED) is 0.628. The molecule has 29 heavy (non-hydrogen) atoms. The molecular weight excluding hydrogens is 392 g/mol. The first kappa shape index (κ1) is 21.8. The minimum atomic E-state index is -0.790. The molecule has 0 aromatic heterocycles. The molecule has 2 heterocycles. The van der Waals surface area contributed by atoms with Gasteiger partial charge in [-0.05, 0) is 69.6 Å². The Morgan fingerprint density at radius 1 is 1.14 bits per heavy atom. The number of hydrogen-bond acceptors (Lipinski definition) is 5. The number of anilines is 1. The molecule has 1 aromatic rings. The van der Waals surface area contributed by atoms with Crippen LogP contribution in [-0.2, 0) is 16.1 Å². The van der Waals surface area contributed by atoms with E-state index in [1.54, 1.807) is 0 Å². The van der Waals surface area contributed by atoms with E-state index in [0.29, 0.717) is 0 Å². The van der Waals surface area contributed by atoms with Gasteiger partial charge in [-0.15, -0.1) is 0 Å². The van der Waals surface area contributed by atoms with Crippen LogP contribution in [0.3, 0.4) is 0 Å². The van der Waals surface area contributed by atoms with Crippen molar-refractivity contribution in [1.29, 1.82) is 0 Å². The first-order valence-corrected chi connectivity index (χ1v) is 10.7. The molecule has 0 radical (unpaired) electrons. The number of benzene rings is 1. The lowest BCUT2D eigenvalue weighted by molar-refractivity contribution is -0.000525. The molecule has 0 aliphatic carbocycles. The number of amides is 1. The Balaban J connectivity index is 1.59. The Labute approximate surface area is 178 Å². The molecule has 1 aromatic carbocycles. The Morgan fingerprint density at radius 2 is 1.86 bits per heavy atom. The van der Waals surface area contributed by atoms with E-state index >= 15 is 0 Å². The van der Waals surface area contributed by atoms with E-state index in [1.807, 2.05) is 43.9 Å². The maximum Gasteiger partial charge on any atom is 0.410 e. The van der Waals surface area contributed by atoms with Crippen molar-refractivity contribution in [3.63, 3.8) is 0 Å². The Hall–Kier alpha value is -1.95. The van der Waals surface area contributed by atoms with Crippen molar-refractivity contribution in [2.45, 2.75) is 58.7 Å². The Bertz CT molecular complexity index is 739. The molecule has 2 aliphatic rings. The van der Waals surface area contributed by atoms with Crippen molar-refractivity contribution in [1.82, 2.24) is 4.90 Å². The topological polar surface area (TPSA) is 59.1 Å². The van der Waals surface area contributed by atoms with E-state index in [4.69, 9.17) is 21.1 Å². The van der Waals surface area contributed by atoms with Gasteiger partial charge < -0.3 is 19.3 Å². The van der Waals surface area contributed by atoms with Crippen LogP contribution in [0, 0.1) is 5.41 Å². The maximum absolute atomic E-state index is 12.5. The van der Waals surface area contributed by atoms with Crippen LogP contribution in [0.2, 0.25) is 0 Å². The normalized spacial score (nSPS) is 19.2. The van der Waals surface area contributed by atoms with E-state index in [1.165, 1.54) is 0 Å². The summed E-state index contributed by atoms with van der Waals surface area (Å²) >= 11 is 5.26. The summed E-state index contributed by atoms with van der Waals surface area (Å²) in [6.07, 6.45) is 4.09. The fraction of sp³-hybridized carbons (Fsp3) is 0.636. The van der Waals surface area contributed by atoms with Crippen molar-refractivity contribution in [2.24, 2.45) is 5.41 Å². The zero-order valence-corrected chi connectivity index (χ0v) is 18.3. The summed E-state index contributed by atoms with van der Waals surface area (Å²) in [5.41, 5.74) is 0.973. The standard InChI is InChI=1S/C22H31ClN2O4/c1-21(2,3)29-20(27)25-11-5-8-22(16-25)9-12-24(13-10-22)18-7-4-6-17(14-18)15-28-19(23)26/h4,6-7,14H,5,8-13,15-16H2,1-3H3. The average Bonchev–Trinajstić information content (AvgIpc) is 2.66. The summed E-state index contributed by atoms with van der Waals surface area (Å²) in [7, 11) is 0. The number of rotatable bonds is 3. The molecule has 7 heteroatoms. The molecule has 0 N–H and O–H groups in total. The van der Waals surface area contributed by atoms with Gasteiger partial charge in [-0.3, -0.25) is 0 Å². The van der Waals surface area contributed by atoms with Crippen LogP contribution >= 0.6 is 11.6 Å². The highest BCUT2D eigenvalue weighted by molar-refractivity contribution is 6.61. The highest BCUT2D eigenvalue weighted by atomic mass is 35.5. The number of carbonyl (C=O) groups excluding carboxylic acids is 2. The maximum atomic E-state index is 12.5. The molecule has 1 amide bonds. The lowest BCUT2D eigenvalue weighted by Crippen LogP contribution is -2.52. The number of piperidine rings is 2. The molecular formula is C22H31ClN2O4. The second-order valence-electron chi connectivity index (χ2n) is 9.19. The van der Waals surface area contributed by atoms with Gasteiger partial charge in [0.25, 0.3) is 0 Å². The molecule has 0 bridgehead atoms. The fourth-order valence-corrected chi connectivity index (χ4v) is 4.38. The molecule has 2 aliphatic heterocycles. The number of likely N-dealkylation sites (tertiary alicyclic amines) is 1. The van der Waals surface area contributed by atoms with Crippen LogP contribution < -0.4 is 4.90 Å².